The third-order valence-electron chi connectivity index (χ3n) is 3.73. The van der Waals surface area contributed by atoms with Crippen LogP contribution in [0.25, 0.3) is 0 Å². The summed E-state index contributed by atoms with van der Waals surface area (Å²) in [5.74, 6) is 0. The van der Waals surface area contributed by atoms with Gasteiger partial charge in [-0.2, -0.15) is 5.10 Å². The highest BCUT2D eigenvalue weighted by Gasteiger charge is 2.13. The van der Waals surface area contributed by atoms with Gasteiger partial charge < -0.3 is 10.6 Å². The fourth-order valence-corrected chi connectivity index (χ4v) is 2.53. The van der Waals surface area contributed by atoms with E-state index in [2.05, 4.69) is 61.6 Å². The Morgan fingerprint density at radius 1 is 1.29 bits per heavy atom. The van der Waals surface area contributed by atoms with Crippen molar-refractivity contribution in [3.8, 4) is 0 Å². The highest BCUT2D eigenvalue weighted by molar-refractivity contribution is 7.80. The van der Waals surface area contributed by atoms with Gasteiger partial charge in [-0.3, -0.25) is 4.68 Å². The van der Waals surface area contributed by atoms with Crippen LogP contribution in [0, 0.1) is 20.8 Å². The average molecular weight is 302 g/mol. The van der Waals surface area contributed by atoms with Crippen LogP contribution in [-0.2, 0) is 7.05 Å². The van der Waals surface area contributed by atoms with Crippen molar-refractivity contribution in [2.24, 2.45) is 7.05 Å². The number of rotatable bonds is 3. The van der Waals surface area contributed by atoms with E-state index in [0.29, 0.717) is 5.11 Å². The molecule has 1 aromatic heterocycles. The number of benzene rings is 1. The van der Waals surface area contributed by atoms with Crippen LogP contribution in [0.4, 0.5) is 5.69 Å². The Morgan fingerprint density at radius 3 is 2.62 bits per heavy atom. The molecule has 0 radical (unpaired) electrons. The molecule has 5 heteroatoms. The van der Waals surface area contributed by atoms with E-state index < -0.39 is 0 Å². The minimum Gasteiger partial charge on any atom is -0.356 e. The zero-order valence-corrected chi connectivity index (χ0v) is 14.0. The van der Waals surface area contributed by atoms with Crippen LogP contribution >= 0.6 is 12.2 Å². The second-order valence-corrected chi connectivity index (χ2v) is 5.86. The zero-order chi connectivity index (χ0) is 15.6. The first-order chi connectivity index (χ1) is 9.88. The van der Waals surface area contributed by atoms with Gasteiger partial charge in [0.05, 0.1) is 12.2 Å². The van der Waals surface area contributed by atoms with Gasteiger partial charge in [-0.1, -0.05) is 12.1 Å². The maximum absolute atomic E-state index is 5.42. The number of thiocarbonyl (C=S) groups is 1. The van der Waals surface area contributed by atoms with E-state index in [4.69, 9.17) is 12.2 Å². The molecule has 0 spiro atoms. The molecule has 0 saturated carbocycles. The minimum absolute atomic E-state index is 0.115. The molecule has 4 nitrogen and oxygen atoms in total. The largest absolute Gasteiger partial charge is 0.356 e. The van der Waals surface area contributed by atoms with E-state index in [9.17, 15) is 0 Å². The molecule has 112 valence electrons. The summed E-state index contributed by atoms with van der Waals surface area (Å²) in [6, 6.07) is 6.40. The molecule has 1 heterocycles. The quantitative estimate of drug-likeness (QED) is 0.853. The maximum Gasteiger partial charge on any atom is 0.171 e. The SMILES string of the molecule is Cc1ccc(C)c(NC(=S)NC(C)c2cnn(C)c2C)c1. The predicted molar refractivity (Wildman–Crippen MR) is 91.6 cm³/mol. The van der Waals surface area contributed by atoms with E-state index in [0.717, 1.165) is 16.9 Å². The van der Waals surface area contributed by atoms with Crippen LogP contribution in [0.1, 0.15) is 35.3 Å². The van der Waals surface area contributed by atoms with Crippen molar-refractivity contribution in [2.75, 3.05) is 5.32 Å². The second-order valence-electron chi connectivity index (χ2n) is 5.45. The number of nitrogens with one attached hydrogen (secondary N) is 2. The lowest BCUT2D eigenvalue weighted by Crippen LogP contribution is -2.31. The van der Waals surface area contributed by atoms with Crippen molar-refractivity contribution < 1.29 is 0 Å². The Kier molecular flexibility index (Phi) is 4.63. The van der Waals surface area contributed by atoms with Gasteiger partial charge in [0.2, 0.25) is 0 Å². The summed E-state index contributed by atoms with van der Waals surface area (Å²) in [5, 5.41) is 11.5. The molecule has 1 unspecified atom stereocenters. The van der Waals surface area contributed by atoms with Crippen molar-refractivity contribution in [3.63, 3.8) is 0 Å². The lowest BCUT2D eigenvalue weighted by Gasteiger charge is -2.18. The van der Waals surface area contributed by atoms with Gasteiger partial charge in [-0.05, 0) is 57.1 Å². The van der Waals surface area contributed by atoms with Gasteiger partial charge in [0.1, 0.15) is 0 Å². The van der Waals surface area contributed by atoms with Gasteiger partial charge in [-0.15, -0.1) is 0 Å². The third-order valence-corrected chi connectivity index (χ3v) is 3.95. The Hall–Kier alpha value is -1.88. The number of hydrogen-bond donors (Lipinski definition) is 2. The van der Waals surface area contributed by atoms with Crippen molar-refractivity contribution in [3.05, 3.63) is 46.8 Å². The Bertz CT molecular complexity index is 660. The Morgan fingerprint density at radius 2 is 2.00 bits per heavy atom. The molecule has 0 aliphatic carbocycles. The van der Waals surface area contributed by atoms with Crippen molar-refractivity contribution >= 4 is 23.0 Å². The minimum atomic E-state index is 0.115. The van der Waals surface area contributed by atoms with E-state index in [1.165, 1.54) is 11.1 Å². The van der Waals surface area contributed by atoms with Gasteiger partial charge in [-0.25, -0.2) is 0 Å². The van der Waals surface area contributed by atoms with Crippen LogP contribution in [0.5, 0.6) is 0 Å². The van der Waals surface area contributed by atoms with E-state index >= 15 is 0 Å². The summed E-state index contributed by atoms with van der Waals surface area (Å²) in [4.78, 5) is 0. The molecule has 0 aliphatic rings. The zero-order valence-electron chi connectivity index (χ0n) is 13.2. The average Bonchev–Trinajstić information content (AvgIpc) is 2.74. The summed E-state index contributed by atoms with van der Waals surface area (Å²) < 4.78 is 1.87. The number of nitrogens with zero attached hydrogens (tertiary/aromatic N) is 2. The van der Waals surface area contributed by atoms with E-state index in [1.54, 1.807) is 0 Å². The smallest absolute Gasteiger partial charge is 0.171 e. The molecule has 0 bridgehead atoms. The van der Waals surface area contributed by atoms with E-state index in [-0.39, 0.29) is 6.04 Å². The molecule has 0 fully saturated rings. The van der Waals surface area contributed by atoms with Crippen LogP contribution in [0.2, 0.25) is 0 Å². The topological polar surface area (TPSA) is 41.9 Å². The van der Waals surface area contributed by atoms with Crippen LogP contribution < -0.4 is 10.6 Å². The molecule has 0 aliphatic heterocycles. The standard InChI is InChI=1S/C16H22N4S/c1-10-6-7-11(2)15(8-10)19-16(21)18-12(3)14-9-17-20(5)13(14)4/h6-9,12H,1-5H3,(H2,18,19,21). The Labute approximate surface area is 131 Å². The van der Waals surface area contributed by atoms with Gasteiger partial charge in [0.15, 0.2) is 5.11 Å². The van der Waals surface area contributed by atoms with Crippen molar-refractivity contribution in [1.29, 1.82) is 0 Å². The lowest BCUT2D eigenvalue weighted by atomic mass is 10.1. The molecule has 2 rings (SSSR count). The summed E-state index contributed by atoms with van der Waals surface area (Å²) in [5.41, 5.74) is 5.73. The normalized spacial score (nSPS) is 12.0. The first-order valence-electron chi connectivity index (χ1n) is 7.01. The number of anilines is 1. The van der Waals surface area contributed by atoms with Crippen LogP contribution in [0.15, 0.2) is 24.4 Å². The van der Waals surface area contributed by atoms with E-state index in [1.807, 2.05) is 17.9 Å². The molecular weight excluding hydrogens is 280 g/mol. The maximum atomic E-state index is 5.42. The molecular formula is C16H22N4S. The number of aromatic nitrogens is 2. The lowest BCUT2D eigenvalue weighted by molar-refractivity contribution is 0.701. The molecule has 2 N–H and O–H groups in total. The van der Waals surface area contributed by atoms with Gasteiger partial charge in [0, 0.05) is 24.0 Å². The fraction of sp³-hybridized carbons (Fsp3) is 0.375. The fourth-order valence-electron chi connectivity index (χ4n) is 2.24. The highest BCUT2D eigenvalue weighted by Crippen LogP contribution is 2.18. The monoisotopic (exact) mass is 302 g/mol. The first kappa shape index (κ1) is 15.5. The van der Waals surface area contributed by atoms with Crippen LogP contribution in [-0.4, -0.2) is 14.9 Å². The molecule has 21 heavy (non-hydrogen) atoms. The van der Waals surface area contributed by atoms with Crippen molar-refractivity contribution in [1.82, 2.24) is 15.1 Å². The number of aryl methyl sites for hydroxylation is 3. The molecule has 0 amide bonds. The molecule has 0 saturated heterocycles. The summed E-state index contributed by atoms with van der Waals surface area (Å²) in [7, 11) is 1.94. The number of hydrogen-bond acceptors (Lipinski definition) is 2. The second kappa shape index (κ2) is 6.26. The Balaban J connectivity index is 2.05. The predicted octanol–water partition coefficient (Wildman–Crippen LogP) is 3.39. The third kappa shape index (κ3) is 3.61. The highest BCUT2D eigenvalue weighted by atomic mass is 32.1. The van der Waals surface area contributed by atoms with Gasteiger partial charge in [0.25, 0.3) is 0 Å². The molecule has 2 aromatic rings. The van der Waals surface area contributed by atoms with Crippen LogP contribution in [0.3, 0.4) is 0 Å². The van der Waals surface area contributed by atoms with Gasteiger partial charge >= 0.3 is 0 Å². The first-order valence-corrected chi connectivity index (χ1v) is 7.42. The van der Waals surface area contributed by atoms with Crippen molar-refractivity contribution in [2.45, 2.75) is 33.7 Å². The summed E-state index contributed by atoms with van der Waals surface area (Å²) in [6.45, 7) is 8.28. The molecule has 1 atom stereocenters. The summed E-state index contributed by atoms with van der Waals surface area (Å²) in [6.07, 6.45) is 1.88. The summed E-state index contributed by atoms with van der Waals surface area (Å²) >= 11 is 5.42. The molecule has 1 aromatic carbocycles.